The van der Waals surface area contributed by atoms with Gasteiger partial charge < -0.3 is 10.4 Å². The van der Waals surface area contributed by atoms with Gasteiger partial charge in [-0.05, 0) is 42.2 Å². The number of sulfonamides is 1. The van der Waals surface area contributed by atoms with Crippen molar-refractivity contribution < 1.29 is 39.9 Å². The number of anilines is 1. The van der Waals surface area contributed by atoms with E-state index >= 15 is 0 Å². The molecule has 14 heteroatoms. The highest BCUT2D eigenvalue weighted by atomic mass is 35.5. The molecule has 2 N–H and O–H groups in total. The molecule has 2 aromatic carbocycles. The van der Waals surface area contributed by atoms with Crippen LogP contribution in [0.25, 0.3) is 0 Å². The minimum atomic E-state index is -5.67. The van der Waals surface area contributed by atoms with Crippen LogP contribution >= 0.6 is 11.6 Å². The first-order chi connectivity index (χ1) is 15.6. The van der Waals surface area contributed by atoms with Crippen molar-refractivity contribution in [2.75, 3.05) is 19.4 Å². The zero-order chi connectivity index (χ0) is 27.3. The number of hydrogen-bond donors (Lipinski definition) is 2. The average Bonchev–Trinajstić information content (AvgIpc) is 2.67. The second-order valence-electron chi connectivity index (χ2n) is 8.85. The highest BCUT2D eigenvalue weighted by molar-refractivity contribution is 7.92. The molecule has 0 aromatic heterocycles. The van der Waals surface area contributed by atoms with Gasteiger partial charge in [0.2, 0.25) is 10.0 Å². The third kappa shape index (κ3) is 5.42. The van der Waals surface area contributed by atoms with Crippen molar-refractivity contribution in [2.24, 2.45) is 0 Å². The summed E-state index contributed by atoms with van der Waals surface area (Å²) in [5, 5.41) is 12.7. The topological polar surface area (TPSA) is 121 Å². The molecule has 1 amide bonds. The van der Waals surface area contributed by atoms with Crippen LogP contribution in [-0.4, -0.2) is 51.8 Å². The van der Waals surface area contributed by atoms with Crippen LogP contribution in [0, 0.1) is 6.92 Å². The maximum absolute atomic E-state index is 13.1. The van der Waals surface area contributed by atoms with E-state index in [0.717, 1.165) is 10.4 Å². The van der Waals surface area contributed by atoms with E-state index in [1.54, 1.807) is 20.8 Å². The lowest BCUT2D eigenvalue weighted by Gasteiger charge is -2.25. The first-order valence-corrected chi connectivity index (χ1v) is 13.2. The SMILES string of the molecule is Cc1c(S(=O)(=O)N(C)C)cc(C(C)(C)C)c(O)c1C(=O)Nc1ccc(S(=O)(=O)C(F)(F)F)cc1Cl. The maximum atomic E-state index is 13.1. The smallest absolute Gasteiger partial charge is 0.501 e. The summed E-state index contributed by atoms with van der Waals surface area (Å²) in [6, 6.07) is 3.28. The van der Waals surface area contributed by atoms with Gasteiger partial charge in [0.1, 0.15) is 5.75 Å². The van der Waals surface area contributed by atoms with Crippen LogP contribution in [0.3, 0.4) is 0 Å². The van der Waals surface area contributed by atoms with Gasteiger partial charge >= 0.3 is 5.51 Å². The van der Waals surface area contributed by atoms with Gasteiger partial charge in [-0.25, -0.2) is 21.1 Å². The summed E-state index contributed by atoms with van der Waals surface area (Å²) in [5.41, 5.74) is -6.89. The number of amides is 1. The number of aromatic hydroxyl groups is 1. The van der Waals surface area contributed by atoms with Gasteiger partial charge in [0, 0.05) is 19.7 Å². The van der Waals surface area contributed by atoms with Crippen molar-refractivity contribution >= 4 is 43.1 Å². The van der Waals surface area contributed by atoms with Crippen LogP contribution in [0.5, 0.6) is 5.75 Å². The first-order valence-electron chi connectivity index (χ1n) is 9.86. The van der Waals surface area contributed by atoms with E-state index in [0.29, 0.717) is 12.1 Å². The molecule has 0 saturated heterocycles. The van der Waals surface area contributed by atoms with Crippen molar-refractivity contribution in [2.45, 2.75) is 48.4 Å². The van der Waals surface area contributed by atoms with Gasteiger partial charge in [-0.2, -0.15) is 13.2 Å². The van der Waals surface area contributed by atoms with E-state index in [2.05, 4.69) is 5.32 Å². The Balaban J connectivity index is 2.67. The lowest BCUT2D eigenvalue weighted by molar-refractivity contribution is -0.0436. The Labute approximate surface area is 206 Å². The van der Waals surface area contributed by atoms with Crippen molar-refractivity contribution in [3.63, 3.8) is 0 Å². The first kappa shape index (κ1) is 28.9. The van der Waals surface area contributed by atoms with E-state index in [4.69, 9.17) is 11.6 Å². The number of nitrogens with zero attached hydrogens (tertiary/aromatic N) is 1. The predicted molar refractivity (Wildman–Crippen MR) is 125 cm³/mol. The molecule has 8 nitrogen and oxygen atoms in total. The Morgan fingerprint density at radius 1 is 1.06 bits per heavy atom. The summed E-state index contributed by atoms with van der Waals surface area (Å²) in [6.45, 7) is 6.41. The molecule has 0 aliphatic rings. The number of carbonyl (C=O) groups excluding carboxylic acids is 1. The Morgan fingerprint density at radius 3 is 2.03 bits per heavy atom. The molecule has 0 spiro atoms. The van der Waals surface area contributed by atoms with E-state index < -0.39 is 52.4 Å². The molecule has 2 aromatic rings. The number of carbonyl (C=O) groups is 1. The van der Waals surface area contributed by atoms with Crippen LogP contribution in [0.2, 0.25) is 5.02 Å². The largest absolute Gasteiger partial charge is 0.507 e. The molecule has 0 saturated carbocycles. The van der Waals surface area contributed by atoms with Crippen LogP contribution < -0.4 is 5.32 Å². The monoisotopic (exact) mass is 556 g/mol. The number of sulfone groups is 1. The zero-order valence-electron chi connectivity index (χ0n) is 19.6. The summed E-state index contributed by atoms with van der Waals surface area (Å²) in [4.78, 5) is 11.8. The minimum absolute atomic E-state index is 0.0749. The van der Waals surface area contributed by atoms with E-state index in [1.165, 1.54) is 27.1 Å². The van der Waals surface area contributed by atoms with E-state index in [1.807, 2.05) is 0 Å². The molecule has 0 atom stereocenters. The summed E-state index contributed by atoms with van der Waals surface area (Å²) in [6.07, 6.45) is 0. The summed E-state index contributed by atoms with van der Waals surface area (Å²) in [5.74, 6) is -1.49. The predicted octanol–water partition coefficient (Wildman–Crippen LogP) is 4.45. The summed E-state index contributed by atoms with van der Waals surface area (Å²) < 4.78 is 88.4. The molecular weight excluding hydrogens is 533 g/mol. The van der Waals surface area contributed by atoms with Gasteiger partial charge in [0.25, 0.3) is 15.7 Å². The van der Waals surface area contributed by atoms with Gasteiger partial charge in [-0.1, -0.05) is 32.4 Å². The molecule has 0 aliphatic heterocycles. The zero-order valence-corrected chi connectivity index (χ0v) is 22.0. The molecule has 2 rings (SSSR count). The number of hydrogen-bond acceptors (Lipinski definition) is 6. The molecule has 0 fully saturated rings. The fourth-order valence-electron chi connectivity index (χ4n) is 3.14. The highest BCUT2D eigenvalue weighted by Gasteiger charge is 2.47. The van der Waals surface area contributed by atoms with Crippen molar-refractivity contribution in [3.05, 3.63) is 46.0 Å². The second kappa shape index (κ2) is 9.26. The van der Waals surface area contributed by atoms with Gasteiger partial charge in [-0.3, -0.25) is 4.79 Å². The third-order valence-corrected chi connectivity index (χ3v) is 8.85. The molecule has 0 bridgehead atoms. The lowest BCUT2D eigenvalue weighted by Crippen LogP contribution is -2.26. The van der Waals surface area contributed by atoms with E-state index in [9.17, 15) is 39.9 Å². The fourth-order valence-corrected chi connectivity index (χ4v) is 5.37. The van der Waals surface area contributed by atoms with Crippen molar-refractivity contribution in [3.8, 4) is 5.75 Å². The Kier molecular flexibility index (Phi) is 7.65. The summed E-state index contributed by atoms with van der Waals surface area (Å²) >= 11 is 5.93. The molecule has 194 valence electrons. The maximum Gasteiger partial charge on any atom is 0.501 e. The quantitative estimate of drug-likeness (QED) is 0.561. The Morgan fingerprint density at radius 2 is 1.60 bits per heavy atom. The van der Waals surface area contributed by atoms with Crippen LogP contribution in [0.1, 0.15) is 42.3 Å². The van der Waals surface area contributed by atoms with Gasteiger partial charge in [-0.15, -0.1) is 0 Å². The van der Waals surface area contributed by atoms with Crippen LogP contribution in [0.4, 0.5) is 18.9 Å². The summed E-state index contributed by atoms with van der Waals surface area (Å²) in [7, 11) is -7.11. The second-order valence-corrected chi connectivity index (χ2v) is 13.3. The minimum Gasteiger partial charge on any atom is -0.507 e. The normalized spacial score (nSPS) is 13.2. The fraction of sp³-hybridized carbons (Fsp3) is 0.381. The highest BCUT2D eigenvalue weighted by Crippen LogP contribution is 2.40. The number of phenolic OH excluding ortho intramolecular Hbond substituents is 1. The van der Waals surface area contributed by atoms with Crippen LogP contribution in [-0.2, 0) is 25.3 Å². The Hall–Kier alpha value is -2.35. The number of alkyl halides is 3. The molecule has 35 heavy (non-hydrogen) atoms. The number of benzene rings is 2. The number of nitrogens with one attached hydrogen (secondary N) is 1. The molecule has 0 heterocycles. The number of phenols is 1. The number of rotatable bonds is 5. The molecular formula is C21H24ClF3N2O6S2. The molecule has 0 aliphatic carbocycles. The van der Waals surface area contributed by atoms with Crippen molar-refractivity contribution in [1.29, 1.82) is 0 Å². The lowest BCUT2D eigenvalue weighted by atomic mass is 9.84. The van der Waals surface area contributed by atoms with Crippen LogP contribution in [0.15, 0.2) is 34.1 Å². The number of halogens is 4. The van der Waals surface area contributed by atoms with Gasteiger partial charge in [0.05, 0.1) is 26.1 Å². The molecule has 0 radical (unpaired) electrons. The van der Waals surface area contributed by atoms with Gasteiger partial charge in [0.15, 0.2) is 0 Å². The average molecular weight is 557 g/mol. The van der Waals surface area contributed by atoms with E-state index in [-0.39, 0.29) is 27.3 Å². The third-order valence-electron chi connectivity index (χ3n) is 5.11. The molecule has 0 unspecified atom stereocenters. The standard InChI is InChI=1S/C21H24ClF3N2O6S2/c1-11-16(35(32,33)27(5)6)10-13(20(2,3)4)18(28)17(11)19(29)26-15-8-7-12(9-14(15)22)34(30,31)21(23,24)25/h7-10,28H,1-6H3,(H,26,29). The van der Waals surface area contributed by atoms with Crippen molar-refractivity contribution in [1.82, 2.24) is 4.31 Å². The Bertz CT molecular complexity index is 1400.